The lowest BCUT2D eigenvalue weighted by molar-refractivity contribution is -0.124. The summed E-state index contributed by atoms with van der Waals surface area (Å²) in [5.41, 5.74) is 4.27. The monoisotopic (exact) mass is 1260 g/mol. The zero-order chi connectivity index (χ0) is 61.7. The van der Waals surface area contributed by atoms with Crippen LogP contribution >= 0.6 is 23.2 Å². The van der Waals surface area contributed by atoms with Crippen molar-refractivity contribution in [3.8, 4) is 23.0 Å². The van der Waals surface area contributed by atoms with Crippen LogP contribution in [0.3, 0.4) is 0 Å². The van der Waals surface area contributed by atoms with Crippen LogP contribution < -0.4 is 62.0 Å². The number of anilines is 6. The standard InChI is InChI=1S/C58H58Cl2F2N8O14S2/c1-69-55-37(23-41(29-49(55)79-3)67-47-27-39(11-13-45(47)59)65-31-35-7-5-9-43(21-35)85(61,75)76)25-51(57(69)73)83-33-53(71)63-15-17-81-19-20-82-18-16-64-54(72)34-84-52-26-38-24-42(30-50(80-4)56(38)70(2)58(52)74)68-48-28-40(12-14-46(48)60)66-32-36-8-6-10-44(22-36)86(62,77)78/h5-14,21-30,65-68H,15-20,31-34H2,1-4H3,(H,63,71)(H,64,72). The summed E-state index contributed by atoms with van der Waals surface area (Å²) >= 11 is 13.1. The van der Waals surface area contributed by atoms with E-state index in [1.165, 1.54) is 71.9 Å². The van der Waals surface area contributed by atoms with Gasteiger partial charge in [0.2, 0.25) is 0 Å². The number of methoxy groups -OCH3 is 2. The van der Waals surface area contributed by atoms with Crippen LogP contribution in [0.25, 0.3) is 21.8 Å². The molecule has 0 bridgehead atoms. The van der Waals surface area contributed by atoms with Gasteiger partial charge in [0.15, 0.2) is 24.7 Å². The number of halogens is 4. The van der Waals surface area contributed by atoms with E-state index in [-0.39, 0.29) is 64.1 Å². The molecule has 454 valence electrons. The van der Waals surface area contributed by atoms with Crippen LogP contribution in [0, 0.1) is 0 Å². The Bertz CT molecular complexity index is 3930. The van der Waals surface area contributed by atoms with Crippen LogP contribution in [0.4, 0.5) is 41.9 Å². The average Bonchev–Trinajstić information content (AvgIpc) is 1.43. The first-order valence-electron chi connectivity index (χ1n) is 26.1. The van der Waals surface area contributed by atoms with Crippen molar-refractivity contribution < 1.29 is 62.6 Å². The molecule has 0 saturated carbocycles. The fourth-order valence-electron chi connectivity index (χ4n) is 8.83. The molecule has 0 aliphatic rings. The van der Waals surface area contributed by atoms with Crippen molar-refractivity contribution in [1.82, 2.24) is 19.8 Å². The van der Waals surface area contributed by atoms with Gasteiger partial charge in [-0.15, -0.1) is 7.77 Å². The van der Waals surface area contributed by atoms with E-state index >= 15 is 0 Å². The molecule has 0 aliphatic heterocycles. The van der Waals surface area contributed by atoms with Crippen molar-refractivity contribution in [3.05, 3.63) is 163 Å². The Morgan fingerprint density at radius 3 is 1.30 bits per heavy atom. The van der Waals surface area contributed by atoms with Crippen LogP contribution in [0.5, 0.6) is 23.0 Å². The number of aromatic nitrogens is 2. The molecular weight excluding hydrogens is 1210 g/mol. The van der Waals surface area contributed by atoms with Crippen molar-refractivity contribution in [2.75, 3.05) is 88.2 Å². The molecule has 8 rings (SSSR count). The van der Waals surface area contributed by atoms with E-state index in [2.05, 4.69) is 31.9 Å². The third-order valence-electron chi connectivity index (χ3n) is 13.0. The number of nitrogens with one attached hydrogen (secondary N) is 6. The normalized spacial score (nSPS) is 11.5. The van der Waals surface area contributed by atoms with Gasteiger partial charge in [-0.1, -0.05) is 47.5 Å². The molecule has 0 saturated heterocycles. The number of benzene rings is 6. The molecule has 0 unspecified atom stereocenters. The summed E-state index contributed by atoms with van der Waals surface area (Å²) in [6.07, 6.45) is 0. The predicted octanol–water partition coefficient (Wildman–Crippen LogP) is 8.47. The quantitative estimate of drug-likeness (QED) is 0.0189. The molecule has 2 amide bonds. The van der Waals surface area contributed by atoms with E-state index in [1.54, 1.807) is 86.9 Å². The third kappa shape index (κ3) is 16.6. The maximum atomic E-state index is 13.6. The number of pyridine rings is 2. The lowest BCUT2D eigenvalue weighted by atomic mass is 10.1. The van der Waals surface area contributed by atoms with Gasteiger partial charge in [-0.25, -0.2) is 0 Å². The van der Waals surface area contributed by atoms with Gasteiger partial charge in [0.1, 0.15) is 11.5 Å². The number of fused-ring (bicyclic) bond motifs is 2. The van der Waals surface area contributed by atoms with Gasteiger partial charge >= 0.3 is 20.4 Å². The highest BCUT2D eigenvalue weighted by atomic mass is 35.5. The van der Waals surface area contributed by atoms with Crippen molar-refractivity contribution in [3.63, 3.8) is 0 Å². The van der Waals surface area contributed by atoms with E-state index in [0.29, 0.717) is 88.6 Å². The Balaban J connectivity index is 0.745. The Labute approximate surface area is 502 Å². The van der Waals surface area contributed by atoms with Crippen molar-refractivity contribution in [2.24, 2.45) is 14.1 Å². The van der Waals surface area contributed by atoms with Crippen LogP contribution in [0.2, 0.25) is 10.0 Å². The average molecular weight is 1260 g/mol. The van der Waals surface area contributed by atoms with Crippen molar-refractivity contribution in [1.29, 1.82) is 0 Å². The molecule has 0 spiro atoms. The topological polar surface area (TPSA) is 274 Å². The van der Waals surface area contributed by atoms with Crippen LogP contribution in [-0.2, 0) is 66.7 Å². The second kappa shape index (κ2) is 28.5. The van der Waals surface area contributed by atoms with Gasteiger partial charge in [-0.2, -0.15) is 16.8 Å². The lowest BCUT2D eigenvalue weighted by Gasteiger charge is -2.17. The Kier molecular flexibility index (Phi) is 21.0. The fourth-order valence-corrected chi connectivity index (χ4v) is 10.2. The van der Waals surface area contributed by atoms with Gasteiger partial charge in [0.25, 0.3) is 22.9 Å². The molecule has 0 atom stereocenters. The van der Waals surface area contributed by atoms with Gasteiger partial charge in [0, 0.05) is 85.9 Å². The van der Waals surface area contributed by atoms with E-state index < -0.39 is 66.4 Å². The van der Waals surface area contributed by atoms with E-state index in [1.807, 2.05) is 0 Å². The summed E-state index contributed by atoms with van der Waals surface area (Å²) in [5.74, 6) is -0.479. The van der Waals surface area contributed by atoms with Gasteiger partial charge in [-0.05, 0) is 96.1 Å². The summed E-state index contributed by atoms with van der Waals surface area (Å²) in [5, 5.41) is 20.0. The highest BCUT2D eigenvalue weighted by Gasteiger charge is 2.19. The molecular formula is C58H58Cl2F2N8O14S2. The minimum Gasteiger partial charge on any atom is -0.494 e. The molecule has 0 aliphatic carbocycles. The minimum atomic E-state index is -4.87. The summed E-state index contributed by atoms with van der Waals surface area (Å²) < 4.78 is 109. The molecule has 28 heteroatoms. The third-order valence-corrected chi connectivity index (χ3v) is 15.3. The Hall–Kier alpha value is -8.66. The number of carbonyl (C=O) groups excluding carboxylic acids is 2. The summed E-state index contributed by atoms with van der Waals surface area (Å²) in [6, 6.07) is 31.1. The first-order chi connectivity index (χ1) is 41.1. The molecule has 0 radical (unpaired) electrons. The second-order valence-electron chi connectivity index (χ2n) is 19.0. The van der Waals surface area contributed by atoms with Crippen molar-refractivity contribution in [2.45, 2.75) is 22.9 Å². The zero-order valence-electron chi connectivity index (χ0n) is 46.6. The molecule has 2 heterocycles. The number of nitrogens with zero attached hydrogens (tertiary/aromatic N) is 2. The number of amides is 2. The molecule has 22 nitrogen and oxygen atoms in total. The number of rotatable bonds is 29. The Morgan fingerprint density at radius 1 is 0.512 bits per heavy atom. The molecule has 6 aromatic carbocycles. The maximum Gasteiger partial charge on any atom is 0.332 e. The van der Waals surface area contributed by atoms with Gasteiger partial charge in [-0.3, -0.25) is 19.2 Å². The largest absolute Gasteiger partial charge is 0.494 e. The molecule has 6 N–H and O–H groups in total. The van der Waals surface area contributed by atoms with Crippen LogP contribution in [0.15, 0.2) is 141 Å². The fraction of sp³-hybridized carbons (Fsp3) is 0.241. The number of carbonyl (C=O) groups is 2. The SMILES string of the molecule is COc1cc(Nc2cc(NCc3cccc(S(=O)(=O)F)c3)ccc2Cl)cc2cc(OCC(=O)NCCOCCOCCNC(=O)COc3cc4cc(Nc5cc(NCc6cccc(S(=O)(=O)F)c6)ccc5Cl)cc(OC)c4n(C)c3=O)c(=O)n(C)c12. The van der Waals surface area contributed by atoms with Crippen LogP contribution in [-0.4, -0.2) is 105 Å². The van der Waals surface area contributed by atoms with Gasteiger partial charge in [0.05, 0.1) is 82.9 Å². The highest BCUT2D eigenvalue weighted by Crippen LogP contribution is 2.37. The van der Waals surface area contributed by atoms with E-state index in [0.717, 1.165) is 0 Å². The smallest absolute Gasteiger partial charge is 0.332 e. The van der Waals surface area contributed by atoms with E-state index in [4.69, 9.17) is 51.6 Å². The highest BCUT2D eigenvalue weighted by molar-refractivity contribution is 7.86. The van der Waals surface area contributed by atoms with Gasteiger partial charge < -0.3 is 69.5 Å². The Morgan fingerprint density at radius 2 is 0.919 bits per heavy atom. The number of hydrogen-bond acceptors (Lipinski definition) is 18. The van der Waals surface area contributed by atoms with Crippen molar-refractivity contribution >= 4 is 111 Å². The summed E-state index contributed by atoms with van der Waals surface area (Å²) in [6.45, 7) is 0.336. The number of hydrogen-bond donors (Lipinski definition) is 6. The molecule has 0 fully saturated rings. The molecule has 86 heavy (non-hydrogen) atoms. The molecule has 8 aromatic rings. The first-order valence-corrected chi connectivity index (χ1v) is 29.7. The minimum absolute atomic E-state index is 0.0904. The first kappa shape index (κ1) is 63.4. The maximum absolute atomic E-state index is 13.6. The lowest BCUT2D eigenvalue weighted by Crippen LogP contribution is -2.33. The molecule has 2 aromatic heterocycles. The summed E-state index contributed by atoms with van der Waals surface area (Å²) in [7, 11) is -3.73. The summed E-state index contributed by atoms with van der Waals surface area (Å²) in [4.78, 5) is 51.3. The second-order valence-corrected chi connectivity index (χ2v) is 22.5. The number of ether oxygens (including phenoxy) is 6. The van der Waals surface area contributed by atoms with E-state index in [9.17, 15) is 43.8 Å². The predicted molar refractivity (Wildman–Crippen MR) is 324 cm³/mol. The zero-order valence-corrected chi connectivity index (χ0v) is 49.7. The van der Waals surface area contributed by atoms with Crippen LogP contribution in [0.1, 0.15) is 11.1 Å². The number of aryl methyl sites for hydroxylation is 2.